The summed E-state index contributed by atoms with van der Waals surface area (Å²) in [7, 11) is 1.58. The van der Waals surface area contributed by atoms with Crippen molar-refractivity contribution in [1.29, 1.82) is 0 Å². The van der Waals surface area contributed by atoms with Crippen molar-refractivity contribution >= 4 is 5.95 Å². The Balaban J connectivity index is 1.85. The summed E-state index contributed by atoms with van der Waals surface area (Å²) in [5.74, 6) is 2.05. The molecule has 84 valence electrons. The fourth-order valence-electron chi connectivity index (χ4n) is 1.27. The second-order valence-electron chi connectivity index (χ2n) is 3.14. The van der Waals surface area contributed by atoms with Crippen molar-refractivity contribution in [1.82, 2.24) is 19.9 Å². The molecule has 2 aromatic heterocycles. The van der Waals surface area contributed by atoms with E-state index in [2.05, 4.69) is 25.3 Å². The van der Waals surface area contributed by atoms with Gasteiger partial charge in [-0.1, -0.05) is 0 Å². The van der Waals surface area contributed by atoms with E-state index >= 15 is 0 Å². The van der Waals surface area contributed by atoms with Gasteiger partial charge < -0.3 is 15.0 Å². The largest absolute Gasteiger partial charge is 0.481 e. The van der Waals surface area contributed by atoms with Crippen LogP contribution in [0.1, 0.15) is 5.82 Å². The van der Waals surface area contributed by atoms with Crippen LogP contribution in [-0.2, 0) is 6.42 Å². The van der Waals surface area contributed by atoms with Crippen LogP contribution in [0, 0.1) is 0 Å². The third kappa shape index (κ3) is 2.69. The van der Waals surface area contributed by atoms with Crippen molar-refractivity contribution in [3.05, 3.63) is 30.5 Å². The molecular formula is C10H13N5O. The van der Waals surface area contributed by atoms with E-state index in [0.717, 1.165) is 18.8 Å². The highest BCUT2D eigenvalue weighted by molar-refractivity contribution is 5.27. The molecule has 0 spiro atoms. The van der Waals surface area contributed by atoms with E-state index in [1.165, 1.54) is 0 Å². The van der Waals surface area contributed by atoms with Crippen molar-refractivity contribution in [3.8, 4) is 5.88 Å². The van der Waals surface area contributed by atoms with E-state index < -0.39 is 0 Å². The van der Waals surface area contributed by atoms with E-state index in [4.69, 9.17) is 4.74 Å². The molecule has 0 fully saturated rings. The van der Waals surface area contributed by atoms with Crippen LogP contribution in [0.15, 0.2) is 24.7 Å². The number of hydrogen-bond donors (Lipinski definition) is 2. The van der Waals surface area contributed by atoms with Crippen molar-refractivity contribution in [2.24, 2.45) is 0 Å². The van der Waals surface area contributed by atoms with Gasteiger partial charge in [0.15, 0.2) is 0 Å². The molecule has 0 aliphatic heterocycles. The molecule has 16 heavy (non-hydrogen) atoms. The SMILES string of the molecule is COc1ccnc(NCCc2ncc[nH]2)n1. The molecular weight excluding hydrogens is 206 g/mol. The van der Waals surface area contributed by atoms with E-state index in [9.17, 15) is 0 Å². The lowest BCUT2D eigenvalue weighted by atomic mass is 10.4. The van der Waals surface area contributed by atoms with Crippen molar-refractivity contribution in [2.75, 3.05) is 19.0 Å². The normalized spacial score (nSPS) is 10.1. The summed E-state index contributed by atoms with van der Waals surface area (Å²) < 4.78 is 5.00. The minimum Gasteiger partial charge on any atom is -0.481 e. The quantitative estimate of drug-likeness (QED) is 0.780. The van der Waals surface area contributed by atoms with Gasteiger partial charge in [0.1, 0.15) is 5.82 Å². The van der Waals surface area contributed by atoms with Gasteiger partial charge in [-0.05, 0) is 0 Å². The van der Waals surface area contributed by atoms with Crippen LogP contribution < -0.4 is 10.1 Å². The number of anilines is 1. The molecule has 0 atom stereocenters. The van der Waals surface area contributed by atoms with Crippen molar-refractivity contribution in [2.45, 2.75) is 6.42 Å². The summed E-state index contributed by atoms with van der Waals surface area (Å²) in [5.41, 5.74) is 0. The summed E-state index contributed by atoms with van der Waals surface area (Å²) in [6, 6.07) is 1.71. The molecule has 6 nitrogen and oxygen atoms in total. The highest BCUT2D eigenvalue weighted by atomic mass is 16.5. The number of ether oxygens (including phenoxy) is 1. The number of nitrogens with one attached hydrogen (secondary N) is 2. The topological polar surface area (TPSA) is 75.7 Å². The van der Waals surface area contributed by atoms with E-state index in [-0.39, 0.29) is 0 Å². The molecule has 2 N–H and O–H groups in total. The molecule has 0 bridgehead atoms. The van der Waals surface area contributed by atoms with Crippen LogP contribution in [-0.4, -0.2) is 33.6 Å². The molecule has 0 unspecified atom stereocenters. The van der Waals surface area contributed by atoms with E-state index in [0.29, 0.717) is 11.8 Å². The van der Waals surface area contributed by atoms with Gasteiger partial charge in [0.05, 0.1) is 7.11 Å². The number of aromatic amines is 1. The molecule has 0 saturated carbocycles. The standard InChI is InChI=1S/C10H13N5O/c1-16-9-3-5-14-10(15-9)13-4-2-8-11-6-7-12-8/h3,5-7H,2,4H2,1H3,(H,11,12)(H,13,14,15). The van der Waals surface area contributed by atoms with Gasteiger partial charge in [-0.15, -0.1) is 0 Å². The summed E-state index contributed by atoms with van der Waals surface area (Å²) in [5, 5.41) is 3.10. The third-order valence-electron chi connectivity index (χ3n) is 2.04. The van der Waals surface area contributed by atoms with Crippen LogP contribution in [0.25, 0.3) is 0 Å². The molecule has 2 rings (SSSR count). The van der Waals surface area contributed by atoms with Crippen molar-refractivity contribution < 1.29 is 4.74 Å². The lowest BCUT2D eigenvalue weighted by molar-refractivity contribution is 0.397. The second kappa shape index (κ2) is 5.11. The van der Waals surface area contributed by atoms with Crippen LogP contribution in [0.2, 0.25) is 0 Å². The minimum atomic E-state index is 0.551. The van der Waals surface area contributed by atoms with Gasteiger partial charge in [-0.25, -0.2) is 9.97 Å². The number of imidazole rings is 1. The van der Waals surface area contributed by atoms with Crippen LogP contribution in [0.3, 0.4) is 0 Å². The van der Waals surface area contributed by atoms with Gasteiger partial charge in [0.2, 0.25) is 11.8 Å². The maximum Gasteiger partial charge on any atom is 0.225 e. The second-order valence-corrected chi connectivity index (χ2v) is 3.14. The number of methoxy groups -OCH3 is 1. The third-order valence-corrected chi connectivity index (χ3v) is 2.04. The van der Waals surface area contributed by atoms with Gasteiger partial charge in [-0.2, -0.15) is 4.98 Å². The average Bonchev–Trinajstić information content (AvgIpc) is 2.82. The smallest absolute Gasteiger partial charge is 0.225 e. The monoisotopic (exact) mass is 219 g/mol. The number of hydrogen-bond acceptors (Lipinski definition) is 5. The summed E-state index contributed by atoms with van der Waals surface area (Å²) >= 11 is 0. The maximum absolute atomic E-state index is 5.00. The van der Waals surface area contributed by atoms with Crippen LogP contribution in [0.4, 0.5) is 5.95 Å². The van der Waals surface area contributed by atoms with Gasteiger partial charge in [-0.3, -0.25) is 0 Å². The van der Waals surface area contributed by atoms with Crippen molar-refractivity contribution in [3.63, 3.8) is 0 Å². The average molecular weight is 219 g/mol. The number of rotatable bonds is 5. The highest BCUT2D eigenvalue weighted by Gasteiger charge is 1.99. The Bertz CT molecular complexity index is 429. The Morgan fingerprint density at radius 2 is 2.31 bits per heavy atom. The van der Waals surface area contributed by atoms with E-state index in [1.54, 1.807) is 31.8 Å². The minimum absolute atomic E-state index is 0.551. The highest BCUT2D eigenvalue weighted by Crippen LogP contribution is 2.06. The van der Waals surface area contributed by atoms with Crippen LogP contribution >= 0.6 is 0 Å². The predicted molar refractivity (Wildman–Crippen MR) is 59.4 cm³/mol. The molecule has 0 aliphatic rings. The van der Waals surface area contributed by atoms with Gasteiger partial charge in [0.25, 0.3) is 0 Å². The molecule has 0 saturated heterocycles. The lowest BCUT2D eigenvalue weighted by Crippen LogP contribution is -2.08. The molecule has 0 aliphatic carbocycles. The summed E-state index contributed by atoms with van der Waals surface area (Å²) in [6.07, 6.45) is 5.99. The Kier molecular flexibility index (Phi) is 3.32. The number of H-pyrrole nitrogens is 1. The summed E-state index contributed by atoms with van der Waals surface area (Å²) in [4.78, 5) is 15.4. The molecule has 0 radical (unpaired) electrons. The van der Waals surface area contributed by atoms with Gasteiger partial charge in [0, 0.05) is 37.6 Å². The fourth-order valence-corrected chi connectivity index (χ4v) is 1.27. The Morgan fingerprint density at radius 3 is 3.06 bits per heavy atom. The molecule has 6 heteroatoms. The zero-order valence-electron chi connectivity index (χ0n) is 8.97. The first-order chi connectivity index (χ1) is 7.88. The molecule has 0 amide bonds. The van der Waals surface area contributed by atoms with E-state index in [1.807, 2.05) is 0 Å². The van der Waals surface area contributed by atoms with Gasteiger partial charge >= 0.3 is 0 Å². The van der Waals surface area contributed by atoms with Crippen LogP contribution in [0.5, 0.6) is 5.88 Å². The number of nitrogens with zero attached hydrogens (tertiary/aromatic N) is 3. The fraction of sp³-hybridized carbons (Fsp3) is 0.300. The first kappa shape index (κ1) is 10.4. The number of aromatic nitrogens is 4. The first-order valence-electron chi connectivity index (χ1n) is 4.97. The summed E-state index contributed by atoms with van der Waals surface area (Å²) in [6.45, 7) is 0.723. The molecule has 2 aromatic rings. The predicted octanol–water partition coefficient (Wildman–Crippen LogP) is 0.863. The Labute approximate surface area is 93.1 Å². The zero-order valence-corrected chi connectivity index (χ0v) is 8.97. The maximum atomic E-state index is 5.00. The Hall–Kier alpha value is -2.11. The lowest BCUT2D eigenvalue weighted by Gasteiger charge is -2.04. The zero-order chi connectivity index (χ0) is 11.2. The molecule has 2 heterocycles. The molecule has 0 aromatic carbocycles. The first-order valence-corrected chi connectivity index (χ1v) is 4.97. The Morgan fingerprint density at radius 1 is 1.38 bits per heavy atom.